The zero-order valence-electron chi connectivity index (χ0n) is 14.9. The molecule has 0 bridgehead atoms. The maximum Gasteiger partial charge on any atom is 0.338 e. The zero-order chi connectivity index (χ0) is 18.7. The zero-order valence-corrected chi connectivity index (χ0v) is 15.7. The van der Waals surface area contributed by atoms with Crippen molar-refractivity contribution < 1.29 is 22.7 Å². The number of nitrogens with one attached hydrogen (secondary N) is 1. The first kappa shape index (κ1) is 18.8. The number of esters is 1. The van der Waals surface area contributed by atoms with Gasteiger partial charge in [0.1, 0.15) is 0 Å². The summed E-state index contributed by atoms with van der Waals surface area (Å²) in [6, 6.07) is 4.65. The van der Waals surface area contributed by atoms with Gasteiger partial charge in [0.25, 0.3) is 5.91 Å². The molecule has 1 aliphatic heterocycles. The molecule has 1 saturated carbocycles. The summed E-state index contributed by atoms with van der Waals surface area (Å²) in [6.07, 6.45) is 4.62. The summed E-state index contributed by atoms with van der Waals surface area (Å²) in [4.78, 5) is 24.1. The molecular formula is C18H24N2O5S. The molecule has 1 saturated heterocycles. The van der Waals surface area contributed by atoms with E-state index < -0.39 is 16.0 Å². The number of rotatable bonds is 6. The van der Waals surface area contributed by atoms with Crippen molar-refractivity contribution in [2.24, 2.45) is 0 Å². The fourth-order valence-electron chi connectivity index (χ4n) is 2.94. The van der Waals surface area contributed by atoms with E-state index in [-0.39, 0.29) is 29.0 Å². The normalized spacial score (nSPS) is 18.3. The van der Waals surface area contributed by atoms with Gasteiger partial charge in [-0.15, -0.1) is 0 Å². The minimum atomic E-state index is -3.63. The minimum Gasteiger partial charge on any atom is -0.452 e. The molecule has 7 nitrogen and oxygen atoms in total. The fourth-order valence-corrected chi connectivity index (χ4v) is 4.49. The summed E-state index contributed by atoms with van der Waals surface area (Å²) in [5.41, 5.74) is 0.775. The predicted molar refractivity (Wildman–Crippen MR) is 95.2 cm³/mol. The standard InChI is InChI=1S/C18H24N2O5S/c1-13-5-8-15(26(23,24)20-9-3-2-4-10-20)11-16(13)18(22)25-12-17(21)19-14-6-7-14/h5,8,11,14H,2-4,6-7,9-10,12H2,1H3,(H,19,21). The summed E-state index contributed by atoms with van der Waals surface area (Å²) < 4.78 is 32.1. The van der Waals surface area contributed by atoms with Gasteiger partial charge in [-0.25, -0.2) is 13.2 Å². The number of benzene rings is 1. The topological polar surface area (TPSA) is 92.8 Å². The third-order valence-corrected chi connectivity index (χ3v) is 6.55. The highest BCUT2D eigenvalue weighted by atomic mass is 32.2. The first-order valence-corrected chi connectivity index (χ1v) is 10.4. The van der Waals surface area contributed by atoms with Crippen LogP contribution in [0.3, 0.4) is 0 Å². The van der Waals surface area contributed by atoms with Crippen molar-refractivity contribution in [2.45, 2.75) is 50.0 Å². The van der Waals surface area contributed by atoms with Crippen LogP contribution in [0.1, 0.15) is 48.0 Å². The second-order valence-electron chi connectivity index (χ2n) is 6.86. The molecule has 1 amide bonds. The van der Waals surface area contributed by atoms with Crippen molar-refractivity contribution in [2.75, 3.05) is 19.7 Å². The van der Waals surface area contributed by atoms with Crippen molar-refractivity contribution >= 4 is 21.9 Å². The second kappa shape index (κ2) is 7.75. The van der Waals surface area contributed by atoms with E-state index in [0.717, 1.165) is 32.1 Å². The molecule has 1 N–H and O–H groups in total. The van der Waals surface area contributed by atoms with Gasteiger partial charge in [-0.1, -0.05) is 12.5 Å². The summed E-state index contributed by atoms with van der Waals surface area (Å²) in [5, 5.41) is 2.74. The van der Waals surface area contributed by atoms with Gasteiger partial charge < -0.3 is 10.1 Å². The lowest BCUT2D eigenvalue weighted by atomic mass is 10.1. The van der Waals surface area contributed by atoms with E-state index in [9.17, 15) is 18.0 Å². The Kier molecular flexibility index (Phi) is 5.62. The van der Waals surface area contributed by atoms with Crippen molar-refractivity contribution in [3.05, 3.63) is 29.3 Å². The summed E-state index contributed by atoms with van der Waals surface area (Å²) in [7, 11) is -3.63. The first-order chi connectivity index (χ1) is 12.4. The number of hydrogen-bond donors (Lipinski definition) is 1. The molecule has 142 valence electrons. The number of aryl methyl sites for hydroxylation is 1. The molecule has 0 unspecified atom stereocenters. The van der Waals surface area contributed by atoms with E-state index in [2.05, 4.69) is 5.32 Å². The van der Waals surface area contributed by atoms with Crippen LogP contribution < -0.4 is 5.32 Å². The third kappa shape index (κ3) is 4.42. The van der Waals surface area contributed by atoms with Gasteiger partial charge in [0, 0.05) is 19.1 Å². The molecule has 1 aliphatic carbocycles. The molecule has 26 heavy (non-hydrogen) atoms. The van der Waals surface area contributed by atoms with Gasteiger partial charge in [-0.05, 0) is 50.3 Å². The lowest BCUT2D eigenvalue weighted by Crippen LogP contribution is -2.35. The molecule has 0 radical (unpaired) electrons. The van der Waals surface area contributed by atoms with Crippen molar-refractivity contribution in [1.29, 1.82) is 0 Å². The number of piperidine rings is 1. The lowest BCUT2D eigenvalue weighted by molar-refractivity contribution is -0.124. The maximum absolute atomic E-state index is 12.8. The molecule has 1 aromatic rings. The Morgan fingerprint density at radius 1 is 1.19 bits per heavy atom. The van der Waals surface area contributed by atoms with Crippen LogP contribution >= 0.6 is 0 Å². The Balaban J connectivity index is 1.71. The molecule has 1 aromatic carbocycles. The molecule has 3 rings (SSSR count). The van der Waals surface area contributed by atoms with E-state index in [0.29, 0.717) is 18.7 Å². The second-order valence-corrected chi connectivity index (χ2v) is 8.80. The van der Waals surface area contributed by atoms with Crippen molar-refractivity contribution in [3.63, 3.8) is 0 Å². The Morgan fingerprint density at radius 2 is 1.88 bits per heavy atom. The molecule has 8 heteroatoms. The highest BCUT2D eigenvalue weighted by Gasteiger charge is 2.28. The molecule has 2 aliphatic rings. The van der Waals surface area contributed by atoms with E-state index in [1.165, 1.54) is 16.4 Å². The number of carbonyl (C=O) groups excluding carboxylic acids is 2. The number of sulfonamides is 1. The van der Waals surface area contributed by atoms with E-state index >= 15 is 0 Å². The van der Waals surface area contributed by atoms with Crippen LogP contribution in [0.15, 0.2) is 23.1 Å². The Hall–Kier alpha value is -1.93. The number of hydrogen-bond acceptors (Lipinski definition) is 5. The van der Waals surface area contributed by atoms with Gasteiger partial charge in [-0.2, -0.15) is 4.31 Å². The van der Waals surface area contributed by atoms with Crippen LogP contribution in [0.25, 0.3) is 0 Å². The molecular weight excluding hydrogens is 356 g/mol. The van der Waals surface area contributed by atoms with Crippen molar-refractivity contribution in [3.8, 4) is 0 Å². The number of nitrogens with zero attached hydrogens (tertiary/aromatic N) is 1. The van der Waals surface area contributed by atoms with Crippen LogP contribution in [0, 0.1) is 6.92 Å². The van der Waals surface area contributed by atoms with Crippen LogP contribution in [0.2, 0.25) is 0 Å². The summed E-state index contributed by atoms with van der Waals surface area (Å²) in [5.74, 6) is -1.03. The van der Waals surface area contributed by atoms with Crippen LogP contribution in [-0.4, -0.2) is 50.3 Å². The van der Waals surface area contributed by atoms with Gasteiger partial charge >= 0.3 is 5.97 Å². The van der Waals surface area contributed by atoms with Crippen molar-refractivity contribution in [1.82, 2.24) is 9.62 Å². The largest absolute Gasteiger partial charge is 0.452 e. The smallest absolute Gasteiger partial charge is 0.338 e. The number of ether oxygens (including phenoxy) is 1. The van der Waals surface area contributed by atoms with E-state index in [1.807, 2.05) is 0 Å². The maximum atomic E-state index is 12.8. The van der Waals surface area contributed by atoms with E-state index in [1.54, 1.807) is 13.0 Å². The Bertz CT molecular complexity index is 796. The lowest BCUT2D eigenvalue weighted by Gasteiger charge is -2.26. The van der Waals surface area contributed by atoms with Gasteiger partial charge in [-0.3, -0.25) is 4.79 Å². The van der Waals surface area contributed by atoms with Crippen LogP contribution in [0.5, 0.6) is 0 Å². The highest BCUT2D eigenvalue weighted by molar-refractivity contribution is 7.89. The molecule has 0 atom stereocenters. The van der Waals surface area contributed by atoms with Crippen LogP contribution in [0.4, 0.5) is 0 Å². The highest BCUT2D eigenvalue weighted by Crippen LogP contribution is 2.23. The fraction of sp³-hybridized carbons (Fsp3) is 0.556. The average Bonchev–Trinajstić information content (AvgIpc) is 3.44. The SMILES string of the molecule is Cc1ccc(S(=O)(=O)N2CCCCC2)cc1C(=O)OCC(=O)NC1CC1. The predicted octanol–water partition coefficient (Wildman–Crippen LogP) is 1.61. The molecule has 2 fully saturated rings. The molecule has 0 aromatic heterocycles. The van der Waals surface area contributed by atoms with Gasteiger partial charge in [0.05, 0.1) is 10.5 Å². The van der Waals surface area contributed by atoms with Gasteiger partial charge in [0.2, 0.25) is 10.0 Å². The quantitative estimate of drug-likeness (QED) is 0.757. The number of amides is 1. The van der Waals surface area contributed by atoms with E-state index in [4.69, 9.17) is 4.74 Å². The Morgan fingerprint density at radius 3 is 2.54 bits per heavy atom. The Labute approximate surface area is 153 Å². The average molecular weight is 380 g/mol. The minimum absolute atomic E-state index is 0.0828. The van der Waals surface area contributed by atoms with Crippen LogP contribution in [-0.2, 0) is 19.6 Å². The molecule has 0 spiro atoms. The van der Waals surface area contributed by atoms with Gasteiger partial charge in [0.15, 0.2) is 6.61 Å². The summed E-state index contributed by atoms with van der Waals surface area (Å²) >= 11 is 0. The monoisotopic (exact) mass is 380 g/mol. The number of carbonyl (C=O) groups is 2. The summed E-state index contributed by atoms with van der Waals surface area (Å²) in [6.45, 7) is 2.34. The molecule has 1 heterocycles. The first-order valence-electron chi connectivity index (χ1n) is 8.95. The third-order valence-electron chi connectivity index (χ3n) is 4.66.